The second kappa shape index (κ2) is 5.87. The van der Waals surface area contributed by atoms with Gasteiger partial charge in [0, 0.05) is 25.1 Å². The second-order valence-electron chi connectivity index (χ2n) is 4.80. The number of amides is 1. The van der Waals surface area contributed by atoms with Crippen LogP contribution in [0.3, 0.4) is 0 Å². The molecule has 102 valence electrons. The lowest BCUT2D eigenvalue weighted by molar-refractivity contribution is -0.140. The summed E-state index contributed by atoms with van der Waals surface area (Å²) in [4.78, 5) is 25.0. The molecule has 1 aromatic rings. The van der Waals surface area contributed by atoms with Crippen LogP contribution in [0.4, 0.5) is 5.69 Å². The Balaban J connectivity index is 1.96. The molecule has 1 aromatic carbocycles. The highest BCUT2D eigenvalue weighted by Crippen LogP contribution is 2.30. The minimum absolute atomic E-state index is 0.0910. The summed E-state index contributed by atoms with van der Waals surface area (Å²) in [6, 6.07) is 6.05. The van der Waals surface area contributed by atoms with Crippen molar-refractivity contribution in [3.63, 3.8) is 0 Å². The highest BCUT2D eigenvalue weighted by molar-refractivity contribution is 5.95. The third-order valence-electron chi connectivity index (χ3n) is 3.56. The molecule has 1 amide bonds. The molecule has 0 aromatic heterocycles. The predicted molar refractivity (Wildman–Crippen MR) is 73.1 cm³/mol. The number of ether oxygens (including phenoxy) is 1. The molecule has 4 heteroatoms. The summed E-state index contributed by atoms with van der Waals surface area (Å²) in [5.74, 6) is -0.168. The first kappa shape index (κ1) is 13.6. The molecule has 0 bridgehead atoms. The number of nitrogens with zero attached hydrogens (tertiary/aromatic N) is 1. The highest BCUT2D eigenvalue weighted by Gasteiger charge is 2.25. The predicted octanol–water partition coefficient (Wildman–Crippen LogP) is 2.23. The van der Waals surface area contributed by atoms with E-state index in [2.05, 4.69) is 17.7 Å². The Morgan fingerprint density at radius 3 is 2.84 bits per heavy atom. The number of fused-ring (bicyclic) bond motifs is 1. The molecule has 1 aliphatic heterocycles. The number of carbonyl (C=O) groups is 2. The zero-order valence-electron chi connectivity index (χ0n) is 11.4. The second-order valence-corrected chi connectivity index (χ2v) is 4.80. The van der Waals surface area contributed by atoms with Crippen molar-refractivity contribution >= 4 is 17.6 Å². The van der Waals surface area contributed by atoms with Gasteiger partial charge in [0.25, 0.3) is 0 Å². The number of hydrogen-bond acceptors (Lipinski definition) is 3. The zero-order chi connectivity index (χ0) is 13.8. The maximum absolute atomic E-state index is 12.2. The van der Waals surface area contributed by atoms with Gasteiger partial charge in [0.2, 0.25) is 5.91 Å². The van der Waals surface area contributed by atoms with Gasteiger partial charge in [-0.15, -0.1) is 0 Å². The summed E-state index contributed by atoms with van der Waals surface area (Å²) in [5.41, 5.74) is 3.54. The van der Waals surface area contributed by atoms with E-state index in [0.29, 0.717) is 19.3 Å². The molecule has 0 saturated heterocycles. The Morgan fingerprint density at radius 2 is 2.11 bits per heavy atom. The van der Waals surface area contributed by atoms with Gasteiger partial charge in [0.1, 0.15) is 0 Å². The molecule has 0 atom stereocenters. The van der Waals surface area contributed by atoms with Crippen molar-refractivity contribution in [1.82, 2.24) is 0 Å². The van der Waals surface area contributed by atoms with Crippen LogP contribution >= 0.6 is 0 Å². The van der Waals surface area contributed by atoms with Crippen LogP contribution in [0.15, 0.2) is 18.2 Å². The van der Waals surface area contributed by atoms with Crippen molar-refractivity contribution < 1.29 is 14.3 Å². The largest absolute Gasteiger partial charge is 0.469 e. The van der Waals surface area contributed by atoms with Gasteiger partial charge in [0.05, 0.1) is 7.11 Å². The molecule has 0 radical (unpaired) electrons. The van der Waals surface area contributed by atoms with Gasteiger partial charge in [-0.1, -0.05) is 12.1 Å². The first-order valence-corrected chi connectivity index (χ1v) is 6.59. The van der Waals surface area contributed by atoms with E-state index < -0.39 is 0 Å². The van der Waals surface area contributed by atoms with Crippen LogP contribution < -0.4 is 4.90 Å². The molecule has 0 unspecified atom stereocenters. The van der Waals surface area contributed by atoms with Gasteiger partial charge in [-0.05, 0) is 37.0 Å². The Morgan fingerprint density at radius 1 is 1.32 bits per heavy atom. The molecule has 4 nitrogen and oxygen atoms in total. The van der Waals surface area contributed by atoms with Crippen LogP contribution in [0.5, 0.6) is 0 Å². The number of methoxy groups -OCH3 is 1. The highest BCUT2D eigenvalue weighted by atomic mass is 16.5. The summed E-state index contributed by atoms with van der Waals surface area (Å²) in [6.07, 6.45) is 2.16. The Kier molecular flexibility index (Phi) is 4.20. The summed E-state index contributed by atoms with van der Waals surface area (Å²) in [6.45, 7) is 2.82. The Labute approximate surface area is 113 Å². The topological polar surface area (TPSA) is 46.6 Å². The van der Waals surface area contributed by atoms with Gasteiger partial charge >= 0.3 is 5.97 Å². The van der Waals surface area contributed by atoms with Gasteiger partial charge in [-0.2, -0.15) is 0 Å². The molecule has 0 saturated carbocycles. The first-order chi connectivity index (χ1) is 9.13. The quantitative estimate of drug-likeness (QED) is 0.781. The van der Waals surface area contributed by atoms with Gasteiger partial charge in [-0.25, -0.2) is 0 Å². The van der Waals surface area contributed by atoms with E-state index >= 15 is 0 Å². The number of rotatable bonds is 4. The van der Waals surface area contributed by atoms with E-state index in [1.807, 2.05) is 17.0 Å². The van der Waals surface area contributed by atoms with Crippen LogP contribution in [-0.4, -0.2) is 25.5 Å². The third-order valence-corrected chi connectivity index (χ3v) is 3.56. The number of hydrogen-bond donors (Lipinski definition) is 0. The molecular formula is C15H19NO3. The van der Waals surface area contributed by atoms with Crippen molar-refractivity contribution in [1.29, 1.82) is 0 Å². The fourth-order valence-corrected chi connectivity index (χ4v) is 2.49. The van der Waals surface area contributed by atoms with E-state index in [4.69, 9.17) is 0 Å². The minimum atomic E-state index is -0.259. The SMILES string of the molecule is COC(=O)CCCC(=O)N1CCc2c(C)cccc21. The van der Waals surface area contributed by atoms with Crippen LogP contribution in [0.1, 0.15) is 30.4 Å². The molecule has 1 heterocycles. The lowest BCUT2D eigenvalue weighted by Crippen LogP contribution is -2.28. The first-order valence-electron chi connectivity index (χ1n) is 6.59. The molecule has 0 fully saturated rings. The average molecular weight is 261 g/mol. The van der Waals surface area contributed by atoms with Crippen molar-refractivity contribution in [2.45, 2.75) is 32.6 Å². The summed E-state index contributed by atoms with van der Waals surface area (Å²) >= 11 is 0. The van der Waals surface area contributed by atoms with Crippen LogP contribution in [0.2, 0.25) is 0 Å². The van der Waals surface area contributed by atoms with Crippen LogP contribution in [-0.2, 0) is 20.7 Å². The van der Waals surface area contributed by atoms with Gasteiger partial charge < -0.3 is 9.64 Å². The molecule has 0 N–H and O–H groups in total. The molecule has 2 rings (SSSR count). The smallest absolute Gasteiger partial charge is 0.305 e. The Bertz CT molecular complexity index is 496. The number of anilines is 1. The van der Waals surface area contributed by atoms with Crippen LogP contribution in [0.25, 0.3) is 0 Å². The molecule has 19 heavy (non-hydrogen) atoms. The monoisotopic (exact) mass is 261 g/mol. The Hall–Kier alpha value is -1.84. The molecule has 0 aliphatic carbocycles. The number of carbonyl (C=O) groups excluding carboxylic acids is 2. The number of aryl methyl sites for hydroxylation is 1. The van der Waals surface area contributed by atoms with E-state index in [9.17, 15) is 9.59 Å². The van der Waals surface area contributed by atoms with E-state index in [0.717, 1.165) is 18.7 Å². The standard InChI is InChI=1S/C15H19NO3/c1-11-5-3-6-13-12(11)9-10-16(13)14(17)7-4-8-15(18)19-2/h3,5-6H,4,7-10H2,1-2H3. The normalized spacial score (nSPS) is 13.3. The lowest BCUT2D eigenvalue weighted by atomic mass is 10.1. The van der Waals surface area contributed by atoms with Crippen molar-refractivity contribution in [2.75, 3.05) is 18.6 Å². The van der Waals surface area contributed by atoms with E-state index in [1.165, 1.54) is 18.2 Å². The number of esters is 1. The third kappa shape index (κ3) is 2.95. The van der Waals surface area contributed by atoms with E-state index in [-0.39, 0.29) is 11.9 Å². The maximum Gasteiger partial charge on any atom is 0.305 e. The summed E-state index contributed by atoms with van der Waals surface area (Å²) < 4.78 is 4.57. The average Bonchev–Trinajstić information content (AvgIpc) is 2.83. The van der Waals surface area contributed by atoms with E-state index in [1.54, 1.807) is 0 Å². The fourth-order valence-electron chi connectivity index (χ4n) is 2.49. The molecular weight excluding hydrogens is 242 g/mol. The molecule has 0 spiro atoms. The summed E-state index contributed by atoms with van der Waals surface area (Å²) in [7, 11) is 1.36. The van der Waals surface area contributed by atoms with Crippen molar-refractivity contribution in [2.24, 2.45) is 0 Å². The zero-order valence-corrected chi connectivity index (χ0v) is 11.4. The maximum atomic E-state index is 12.2. The summed E-state index contributed by atoms with van der Waals surface area (Å²) in [5, 5.41) is 0. The lowest BCUT2D eigenvalue weighted by Gasteiger charge is -2.17. The molecule has 1 aliphatic rings. The number of benzene rings is 1. The van der Waals surface area contributed by atoms with Gasteiger partial charge in [0.15, 0.2) is 0 Å². The van der Waals surface area contributed by atoms with Crippen molar-refractivity contribution in [3.05, 3.63) is 29.3 Å². The fraction of sp³-hybridized carbons (Fsp3) is 0.467. The van der Waals surface area contributed by atoms with Gasteiger partial charge in [-0.3, -0.25) is 9.59 Å². The van der Waals surface area contributed by atoms with Crippen molar-refractivity contribution in [3.8, 4) is 0 Å². The van der Waals surface area contributed by atoms with Crippen LogP contribution in [0, 0.1) is 6.92 Å². The minimum Gasteiger partial charge on any atom is -0.469 e.